The number of rotatable bonds is 15. The van der Waals surface area contributed by atoms with Gasteiger partial charge < -0.3 is 45.4 Å². The number of aromatic nitrogens is 4. The third kappa shape index (κ3) is 30.7. The number of nitrogens with two attached hydrogens (primary N) is 1. The summed E-state index contributed by atoms with van der Waals surface area (Å²) >= 11 is 2.03. The summed E-state index contributed by atoms with van der Waals surface area (Å²) in [5, 5.41) is 67.2. The minimum atomic E-state index is -1.49. The van der Waals surface area contributed by atoms with Crippen LogP contribution < -0.4 is 27.5 Å². The number of ether oxygens (including phenoxy) is 1. The highest BCUT2D eigenvalue weighted by Crippen LogP contribution is 2.41. The summed E-state index contributed by atoms with van der Waals surface area (Å²) < 4.78 is 5.79. The first-order chi connectivity index (χ1) is 45.4. The monoisotopic (exact) mass is 1340 g/mol. The van der Waals surface area contributed by atoms with E-state index in [4.69, 9.17) is 30.7 Å². The molecule has 2 amide bonds. The number of aryl methyl sites for hydroxylation is 1. The lowest BCUT2D eigenvalue weighted by atomic mass is 9.80. The molecule has 2 aliphatic heterocycles. The van der Waals surface area contributed by atoms with Crippen molar-refractivity contribution >= 4 is 66.3 Å². The van der Waals surface area contributed by atoms with E-state index in [1.165, 1.54) is 100 Å². The zero-order valence-electron chi connectivity index (χ0n) is 59.4. The van der Waals surface area contributed by atoms with E-state index < -0.39 is 20.2 Å². The summed E-state index contributed by atoms with van der Waals surface area (Å²) in [6, 6.07) is 25.2. The quantitative estimate of drug-likeness (QED) is 0.0209. The number of thioether (sulfide) groups is 1. The molecule has 96 heavy (non-hydrogen) atoms. The van der Waals surface area contributed by atoms with Crippen LogP contribution in [0.25, 0.3) is 11.4 Å². The van der Waals surface area contributed by atoms with E-state index in [1.54, 1.807) is 57.2 Å². The standard InChI is InChI=1S/C12H14N4.C11H13NO4.C11H20O.C11H20.C10H14BNO3.C10H13BO3.C9H15NOS/c1-8(2)10-4-6-11(7-5-10)12-15-13-9(3)14-16-12;1-6(2)10(14)7-3-4-8(9(13)5-7)11(15)16-12;1-10(2)12-11-8-6-4-3-5-7-9-11;1-10(2)11-8-6-4-3-5-7-9-11;1-7(2)12-10(13)8-3-5-9(6-4-8)11(14)15;1-7(2)10(12)8-3-5-9(6-4-8)11(13)14;1-5(2)9-6-3-8(11)10-7(6)4-12-9/h4-8H,1-3H3;3-6,13H,12H2,1-2H3;3-4,10-11H,5-9H2,1-2H3;3-4,10-11H,5-9H2,1-2H3;3-7,14-15H,1-2H3,(H,12,13);3-7,13-14H,1-2H3;5-7,9H,3-4H2,1-2H3,(H,10,11)/b;;2*4-3+;;;. The van der Waals surface area contributed by atoms with Crippen LogP contribution >= 0.6 is 11.8 Å². The molecule has 9 N–H and O–H groups in total. The average Bonchev–Trinajstić information content (AvgIpc) is 1.62. The average molecular weight is 1340 g/mol. The molecule has 0 saturated carbocycles. The largest absolute Gasteiger partial charge is 0.507 e. The van der Waals surface area contributed by atoms with Gasteiger partial charge in [0, 0.05) is 69.5 Å². The number of benzene rings is 4. The Balaban J connectivity index is 0.000000293. The molecule has 2 saturated heterocycles. The van der Waals surface area contributed by atoms with E-state index in [1.807, 2.05) is 51.6 Å². The van der Waals surface area contributed by atoms with Gasteiger partial charge in [0.05, 0.1) is 12.2 Å². The van der Waals surface area contributed by atoms with Crippen LogP contribution in [-0.4, -0.2) is 124 Å². The number of amides is 2. The van der Waals surface area contributed by atoms with Crippen molar-refractivity contribution in [3.8, 4) is 17.1 Å². The predicted molar refractivity (Wildman–Crippen MR) is 387 cm³/mol. The third-order valence-corrected chi connectivity index (χ3v) is 18.1. The summed E-state index contributed by atoms with van der Waals surface area (Å²) in [7, 11) is -2.97. The molecule has 4 aromatic carbocycles. The molecule has 0 bridgehead atoms. The van der Waals surface area contributed by atoms with E-state index in [-0.39, 0.29) is 52.6 Å². The molecule has 5 atom stereocenters. The zero-order chi connectivity index (χ0) is 71.6. The Kier molecular flexibility index (Phi) is 38.3. The molecule has 3 heterocycles. The maximum absolute atomic E-state index is 11.6. The number of phenolic OH excluding ortho intramolecular Hbond substituents is 1. The van der Waals surface area contributed by atoms with Gasteiger partial charge in [0.1, 0.15) is 11.3 Å². The summed E-state index contributed by atoms with van der Waals surface area (Å²) in [6.45, 7) is 30.5. The minimum absolute atomic E-state index is 0.0418. The second kappa shape index (κ2) is 44.1. The van der Waals surface area contributed by atoms with E-state index in [9.17, 15) is 29.1 Å². The molecule has 0 radical (unpaired) electrons. The fourth-order valence-corrected chi connectivity index (χ4v) is 12.4. The van der Waals surface area contributed by atoms with Crippen molar-refractivity contribution in [3.63, 3.8) is 0 Å². The van der Waals surface area contributed by atoms with Crippen LogP contribution in [0.2, 0.25) is 0 Å². The third-order valence-electron chi connectivity index (χ3n) is 16.2. The molecule has 1 aromatic heterocycles. The molecular formula is C74H109B2N7O12S. The Morgan fingerprint density at radius 3 is 1.61 bits per heavy atom. The topological polar surface area (TPSA) is 307 Å². The van der Waals surface area contributed by atoms with Gasteiger partial charge in [-0.25, -0.2) is 4.79 Å². The van der Waals surface area contributed by atoms with E-state index in [2.05, 4.69) is 128 Å². The number of carbonyl (C=O) groups is 5. The minimum Gasteiger partial charge on any atom is -0.507 e. The van der Waals surface area contributed by atoms with Gasteiger partial charge in [-0.3, -0.25) is 19.2 Å². The number of hydrogen-bond acceptors (Lipinski definition) is 18. The van der Waals surface area contributed by atoms with E-state index in [0.717, 1.165) is 29.6 Å². The fourth-order valence-electron chi connectivity index (χ4n) is 10.7. The van der Waals surface area contributed by atoms with Gasteiger partial charge in [-0.15, -0.1) is 20.4 Å². The van der Waals surface area contributed by atoms with E-state index in [0.29, 0.717) is 80.5 Å². The molecule has 0 spiro atoms. The predicted octanol–water partition coefficient (Wildman–Crippen LogP) is 11.7. The normalized spacial score (nSPS) is 18.5. The number of carbonyl (C=O) groups excluding carboxylic acids is 5. The number of aromatic hydroxyl groups is 1. The van der Waals surface area contributed by atoms with Crippen molar-refractivity contribution in [2.75, 3.05) is 5.75 Å². The summed E-state index contributed by atoms with van der Waals surface area (Å²) in [4.78, 5) is 60.7. The van der Waals surface area contributed by atoms with Gasteiger partial charge in [-0.05, 0) is 163 Å². The van der Waals surface area contributed by atoms with Crippen LogP contribution in [0.5, 0.6) is 5.75 Å². The smallest absolute Gasteiger partial charge is 0.488 e. The lowest BCUT2D eigenvalue weighted by molar-refractivity contribution is -0.119. The molecule has 9 rings (SSSR count). The Labute approximate surface area is 576 Å². The van der Waals surface area contributed by atoms with Crippen LogP contribution in [0.4, 0.5) is 0 Å². The maximum atomic E-state index is 11.6. The number of phenols is 1. The zero-order valence-corrected chi connectivity index (χ0v) is 60.2. The molecule has 2 aliphatic carbocycles. The second-order valence-corrected chi connectivity index (χ2v) is 27.9. The summed E-state index contributed by atoms with van der Waals surface area (Å²) in [6.07, 6.45) is 24.0. The fraction of sp³-hybridized carbons (Fsp3) is 0.527. The first kappa shape index (κ1) is 83.3. The maximum Gasteiger partial charge on any atom is 0.488 e. The summed E-state index contributed by atoms with van der Waals surface area (Å²) in [5.41, 5.74) is 4.41. The van der Waals surface area contributed by atoms with Crippen molar-refractivity contribution in [1.29, 1.82) is 0 Å². The second-order valence-electron chi connectivity index (χ2n) is 26.7. The molecule has 4 aliphatic rings. The number of ketones is 2. The van der Waals surface area contributed by atoms with Gasteiger partial charge in [-0.2, -0.15) is 17.7 Å². The Hall–Kier alpha value is -6.91. The Bertz CT molecular complexity index is 3160. The number of fused-ring (bicyclic) bond motifs is 1. The van der Waals surface area contributed by atoms with Crippen molar-refractivity contribution in [2.24, 2.45) is 41.4 Å². The van der Waals surface area contributed by atoms with Crippen LogP contribution in [0.3, 0.4) is 0 Å². The van der Waals surface area contributed by atoms with Gasteiger partial charge in [0.15, 0.2) is 17.4 Å². The lowest BCUT2D eigenvalue weighted by Gasteiger charge is -2.20. The first-order valence-corrected chi connectivity index (χ1v) is 35.0. The van der Waals surface area contributed by atoms with Gasteiger partial charge in [-0.1, -0.05) is 160 Å². The molecule has 5 aromatic rings. The van der Waals surface area contributed by atoms with Crippen molar-refractivity contribution < 1.29 is 58.7 Å². The first-order valence-electron chi connectivity index (χ1n) is 34.0. The number of allylic oxidation sites excluding steroid dienone is 4. The molecule has 19 nitrogen and oxygen atoms in total. The molecule has 5 unspecified atom stereocenters. The highest BCUT2D eigenvalue weighted by Gasteiger charge is 2.44. The molecule has 524 valence electrons. The number of hydrogen-bond donors (Lipinski definition) is 8. The summed E-state index contributed by atoms with van der Waals surface area (Å²) in [5.74, 6) is 9.37. The van der Waals surface area contributed by atoms with Gasteiger partial charge >= 0.3 is 20.2 Å². The van der Waals surface area contributed by atoms with Crippen molar-refractivity contribution in [1.82, 2.24) is 31.0 Å². The highest BCUT2D eigenvalue weighted by atomic mass is 32.2. The number of nitrogens with zero attached hydrogens (tertiary/aromatic N) is 4. The van der Waals surface area contributed by atoms with Gasteiger partial charge in [0.25, 0.3) is 5.91 Å². The number of nitrogens with one attached hydrogen (secondary N) is 2. The van der Waals surface area contributed by atoms with Crippen LogP contribution in [0.15, 0.2) is 115 Å². The van der Waals surface area contributed by atoms with Gasteiger partial charge in [0.2, 0.25) is 11.7 Å². The van der Waals surface area contributed by atoms with Crippen LogP contribution in [0.1, 0.15) is 226 Å². The van der Waals surface area contributed by atoms with Crippen LogP contribution in [-0.2, 0) is 14.4 Å². The lowest BCUT2D eigenvalue weighted by Crippen LogP contribution is -2.32. The Morgan fingerprint density at radius 1 is 0.625 bits per heavy atom. The Morgan fingerprint density at radius 2 is 1.14 bits per heavy atom. The van der Waals surface area contributed by atoms with E-state index >= 15 is 0 Å². The molecular weight excluding hydrogens is 1230 g/mol. The molecule has 22 heteroatoms. The van der Waals surface area contributed by atoms with Crippen molar-refractivity contribution in [2.45, 2.75) is 210 Å². The number of Topliss-reactive ketones (excluding diaryl/α,β-unsaturated/α-hetero) is 2. The SMILES string of the molecule is CC(C)C(=O)c1ccc(B(O)O)cc1.CC(C)C(=O)c1ccc(C(=O)ON)c(O)c1.CC(C)C1CC/C=C/CCC1.CC(C)C1SCC2NC(=O)CC21.CC(C)NC(=O)c1ccc(B(O)O)cc1.CC(C)OC1CC/C=C/CCC1.Cc1nnc(-c2ccc(C(C)C)cc2)nn1. The van der Waals surface area contributed by atoms with Crippen molar-refractivity contribution in [3.05, 3.63) is 149 Å². The highest BCUT2D eigenvalue weighted by molar-refractivity contribution is 8.00. The molecule has 2 fully saturated rings. The van der Waals surface area contributed by atoms with Crippen LogP contribution in [0, 0.1) is 42.4 Å².